The van der Waals surface area contributed by atoms with Gasteiger partial charge in [0.05, 0.1) is 12.3 Å². The highest BCUT2D eigenvalue weighted by Crippen LogP contribution is 2.44. The van der Waals surface area contributed by atoms with Crippen LogP contribution in [0.2, 0.25) is 0 Å². The normalized spacial score (nSPS) is 17.3. The Morgan fingerprint density at radius 1 is 1.26 bits per heavy atom. The van der Waals surface area contributed by atoms with Gasteiger partial charge in [-0.15, -0.1) is 0 Å². The number of carbonyl (C=O) groups is 1. The lowest BCUT2D eigenvalue weighted by Gasteiger charge is -2.24. The van der Waals surface area contributed by atoms with Crippen molar-refractivity contribution < 1.29 is 9.53 Å². The molecule has 0 saturated heterocycles. The molecule has 4 nitrogen and oxygen atoms in total. The highest BCUT2D eigenvalue weighted by atomic mass is 79.9. The van der Waals surface area contributed by atoms with Gasteiger partial charge in [-0.25, -0.2) is 4.79 Å². The van der Waals surface area contributed by atoms with Crippen LogP contribution in [0.4, 0.5) is 16.2 Å². The summed E-state index contributed by atoms with van der Waals surface area (Å²) in [7, 11) is 0. The van der Waals surface area contributed by atoms with Crippen molar-refractivity contribution in [3.8, 4) is 5.75 Å². The second kappa shape index (κ2) is 8.79. The fourth-order valence-corrected chi connectivity index (χ4v) is 4.05. The summed E-state index contributed by atoms with van der Waals surface area (Å²) in [6.45, 7) is 7.21. The summed E-state index contributed by atoms with van der Waals surface area (Å²) in [5, 5.41) is 5.86. The van der Waals surface area contributed by atoms with Crippen LogP contribution in [0, 0.1) is 12.8 Å². The molecular weight excluding hydrogens is 404 g/mol. The molecule has 2 N–H and O–H groups in total. The van der Waals surface area contributed by atoms with E-state index in [4.69, 9.17) is 4.74 Å². The maximum atomic E-state index is 12.5. The fraction of sp³-hybridized carbons (Fsp3) is 0.409. The molecule has 0 aromatic heterocycles. The average Bonchev–Trinajstić information content (AvgIpc) is 2.85. The van der Waals surface area contributed by atoms with Crippen molar-refractivity contribution in [2.75, 3.05) is 17.2 Å². The monoisotopic (exact) mass is 430 g/mol. The third-order valence-corrected chi connectivity index (χ3v) is 5.73. The van der Waals surface area contributed by atoms with Crippen LogP contribution in [0.1, 0.15) is 50.2 Å². The van der Waals surface area contributed by atoms with E-state index in [0.29, 0.717) is 24.1 Å². The summed E-state index contributed by atoms with van der Waals surface area (Å²) >= 11 is 3.60. The van der Waals surface area contributed by atoms with Crippen molar-refractivity contribution in [1.82, 2.24) is 0 Å². The fourth-order valence-electron chi connectivity index (χ4n) is 3.57. The van der Waals surface area contributed by atoms with Crippen LogP contribution in [0.5, 0.6) is 5.75 Å². The lowest BCUT2D eigenvalue weighted by atomic mass is 9.82. The molecule has 144 valence electrons. The molecule has 2 amide bonds. The number of aryl methyl sites for hydroxylation is 1. The molecule has 3 rings (SSSR count). The maximum Gasteiger partial charge on any atom is 0.323 e. The first-order chi connectivity index (χ1) is 13.0. The molecule has 27 heavy (non-hydrogen) atoms. The van der Waals surface area contributed by atoms with Gasteiger partial charge in [0, 0.05) is 15.7 Å². The number of nitrogens with one attached hydrogen (secondary N) is 2. The molecule has 0 fully saturated rings. The van der Waals surface area contributed by atoms with Gasteiger partial charge in [0.15, 0.2) is 0 Å². The molecule has 1 aliphatic rings. The second-order valence-electron chi connectivity index (χ2n) is 7.30. The summed E-state index contributed by atoms with van der Waals surface area (Å²) in [6.07, 6.45) is 3.25. The van der Waals surface area contributed by atoms with Gasteiger partial charge in [-0.1, -0.05) is 53.9 Å². The van der Waals surface area contributed by atoms with Gasteiger partial charge < -0.3 is 15.4 Å². The molecule has 0 aliphatic carbocycles. The smallest absolute Gasteiger partial charge is 0.323 e. The van der Waals surface area contributed by atoms with E-state index < -0.39 is 0 Å². The van der Waals surface area contributed by atoms with Gasteiger partial charge in [0.25, 0.3) is 0 Å². The number of halogens is 1. The average molecular weight is 431 g/mol. The summed E-state index contributed by atoms with van der Waals surface area (Å²) in [4.78, 5) is 12.5. The molecule has 0 radical (unpaired) electrons. The van der Waals surface area contributed by atoms with E-state index in [1.165, 1.54) is 5.56 Å². The SMILES string of the molecule is CCC(C)C1CCCOc2c(NC(=O)Nc3ccc(C)cc3)cc(Br)cc21. The lowest BCUT2D eigenvalue weighted by Crippen LogP contribution is -2.20. The number of ether oxygens (including phenoxy) is 1. The van der Waals surface area contributed by atoms with Crippen molar-refractivity contribution in [3.05, 3.63) is 52.0 Å². The van der Waals surface area contributed by atoms with Crippen molar-refractivity contribution in [2.24, 2.45) is 5.92 Å². The zero-order valence-corrected chi connectivity index (χ0v) is 17.7. The van der Waals surface area contributed by atoms with Crippen molar-refractivity contribution in [2.45, 2.75) is 46.0 Å². The molecule has 0 bridgehead atoms. The van der Waals surface area contributed by atoms with E-state index in [9.17, 15) is 4.79 Å². The van der Waals surface area contributed by atoms with Gasteiger partial charge >= 0.3 is 6.03 Å². The minimum atomic E-state index is -0.271. The first-order valence-electron chi connectivity index (χ1n) is 9.58. The second-order valence-corrected chi connectivity index (χ2v) is 8.22. The Labute approximate surface area is 169 Å². The summed E-state index contributed by atoms with van der Waals surface area (Å²) in [5.74, 6) is 1.81. The Morgan fingerprint density at radius 3 is 2.70 bits per heavy atom. The molecule has 2 unspecified atom stereocenters. The van der Waals surface area contributed by atoms with Crippen LogP contribution in [0.15, 0.2) is 40.9 Å². The molecule has 0 spiro atoms. The lowest BCUT2D eigenvalue weighted by molar-refractivity contribution is 0.262. The highest BCUT2D eigenvalue weighted by molar-refractivity contribution is 9.10. The minimum absolute atomic E-state index is 0.271. The molecule has 2 aromatic rings. The highest BCUT2D eigenvalue weighted by Gasteiger charge is 2.27. The number of rotatable bonds is 4. The van der Waals surface area contributed by atoms with Crippen LogP contribution < -0.4 is 15.4 Å². The van der Waals surface area contributed by atoms with E-state index in [2.05, 4.69) is 46.5 Å². The van der Waals surface area contributed by atoms with Crippen molar-refractivity contribution in [3.63, 3.8) is 0 Å². The van der Waals surface area contributed by atoms with Crippen molar-refractivity contribution >= 4 is 33.3 Å². The summed E-state index contributed by atoms with van der Waals surface area (Å²) in [5.41, 5.74) is 3.81. The Balaban J connectivity index is 1.86. The first kappa shape index (κ1) is 19.7. The number of hydrogen-bond acceptors (Lipinski definition) is 2. The topological polar surface area (TPSA) is 50.4 Å². The molecule has 0 saturated carbocycles. The van der Waals surface area contributed by atoms with Gasteiger partial charge in [0.1, 0.15) is 5.75 Å². The molecule has 2 aromatic carbocycles. The number of fused-ring (bicyclic) bond motifs is 1. The zero-order valence-electron chi connectivity index (χ0n) is 16.1. The van der Waals surface area contributed by atoms with E-state index in [1.807, 2.05) is 37.3 Å². The molecule has 1 heterocycles. The van der Waals surface area contributed by atoms with Crippen LogP contribution in [-0.2, 0) is 0 Å². The maximum absolute atomic E-state index is 12.5. The van der Waals surface area contributed by atoms with Crippen molar-refractivity contribution in [1.29, 1.82) is 0 Å². The third-order valence-electron chi connectivity index (χ3n) is 5.28. The van der Waals surface area contributed by atoms with E-state index in [0.717, 1.165) is 40.7 Å². The van der Waals surface area contributed by atoms with Crippen LogP contribution in [0.3, 0.4) is 0 Å². The van der Waals surface area contributed by atoms with E-state index in [1.54, 1.807) is 0 Å². The van der Waals surface area contributed by atoms with Crippen LogP contribution in [-0.4, -0.2) is 12.6 Å². The zero-order chi connectivity index (χ0) is 19.4. The number of benzene rings is 2. The molecular formula is C22H27BrN2O2. The predicted octanol–water partition coefficient (Wildman–Crippen LogP) is 6.70. The number of urea groups is 1. The number of anilines is 2. The molecule has 1 aliphatic heterocycles. The van der Waals surface area contributed by atoms with E-state index >= 15 is 0 Å². The summed E-state index contributed by atoms with van der Waals surface area (Å²) < 4.78 is 7.01. The van der Waals surface area contributed by atoms with Gasteiger partial charge in [-0.05, 0) is 55.9 Å². The number of hydrogen-bond donors (Lipinski definition) is 2. The third kappa shape index (κ3) is 4.83. The van der Waals surface area contributed by atoms with Crippen LogP contribution in [0.25, 0.3) is 0 Å². The number of carbonyl (C=O) groups excluding carboxylic acids is 1. The number of amides is 2. The minimum Gasteiger partial charge on any atom is -0.491 e. The van der Waals surface area contributed by atoms with Gasteiger partial charge in [0.2, 0.25) is 0 Å². The Morgan fingerprint density at radius 2 is 2.00 bits per heavy atom. The quantitative estimate of drug-likeness (QED) is 0.566. The first-order valence-corrected chi connectivity index (χ1v) is 10.4. The Hall–Kier alpha value is -2.01. The van der Waals surface area contributed by atoms with E-state index in [-0.39, 0.29) is 6.03 Å². The van der Waals surface area contributed by atoms with Gasteiger partial charge in [-0.3, -0.25) is 0 Å². The largest absolute Gasteiger partial charge is 0.491 e. The standard InChI is InChI=1S/C22H27BrN2O2/c1-4-15(3)18-6-5-11-27-21-19(18)12-16(23)13-20(21)25-22(26)24-17-9-7-14(2)8-10-17/h7-10,12-13,15,18H,4-6,11H2,1-3H3,(H2,24,25,26). The summed E-state index contributed by atoms with van der Waals surface area (Å²) in [6, 6.07) is 11.5. The van der Waals surface area contributed by atoms with Crippen LogP contribution >= 0.6 is 15.9 Å². The molecule has 5 heteroatoms. The molecule has 2 atom stereocenters. The predicted molar refractivity (Wildman–Crippen MR) is 115 cm³/mol. The Bertz CT molecular complexity index is 805. The van der Waals surface area contributed by atoms with Gasteiger partial charge in [-0.2, -0.15) is 0 Å². The Kier molecular flexibility index (Phi) is 6.42.